The molecule has 0 bridgehead atoms. The number of esters is 1. The number of allylic oxidation sites excluding steroid dienone is 1. The number of anilines is 1. The number of carbonyl (C=O) groups excluding carboxylic acids is 1. The minimum absolute atomic E-state index is 0.326. The normalized spacial score (nSPS) is 17.0. The molecule has 1 atom stereocenters. The molecule has 0 unspecified atom stereocenters. The van der Waals surface area contributed by atoms with Gasteiger partial charge in [0.05, 0.1) is 12.2 Å². The molecule has 6 heteroatoms. The van der Waals surface area contributed by atoms with Gasteiger partial charge in [0.25, 0.3) is 0 Å². The van der Waals surface area contributed by atoms with Gasteiger partial charge >= 0.3 is 5.97 Å². The van der Waals surface area contributed by atoms with Gasteiger partial charge in [-0.3, -0.25) is 4.90 Å². The van der Waals surface area contributed by atoms with Crippen LogP contribution in [0.3, 0.4) is 0 Å². The van der Waals surface area contributed by atoms with E-state index < -0.39 is 0 Å². The number of hydrogen-bond donors (Lipinski definition) is 0. The van der Waals surface area contributed by atoms with Crippen molar-refractivity contribution in [2.24, 2.45) is 4.99 Å². The van der Waals surface area contributed by atoms with Crippen molar-refractivity contribution in [3.63, 3.8) is 0 Å². The minimum Gasteiger partial charge on any atom is -0.463 e. The fraction of sp³-hybridized carbons (Fsp3) is 0.238. The number of benzene rings is 2. The van der Waals surface area contributed by atoms with E-state index in [1.165, 1.54) is 0 Å². The number of para-hydroxylation sites is 1. The van der Waals surface area contributed by atoms with E-state index in [1.54, 1.807) is 11.8 Å². The number of carbonyl (C=O) groups is 1. The summed E-state index contributed by atoms with van der Waals surface area (Å²) >= 11 is 5.03. The second-order valence-corrected chi connectivity index (χ2v) is 7.65. The maximum Gasteiger partial charge on any atom is 0.338 e. The molecule has 3 rings (SSSR count). The van der Waals surface area contributed by atoms with Crippen LogP contribution in [0.4, 0.5) is 5.69 Å². The van der Waals surface area contributed by atoms with Crippen molar-refractivity contribution < 1.29 is 9.53 Å². The predicted octanol–water partition coefficient (Wildman–Crippen LogP) is 5.57. The van der Waals surface area contributed by atoms with E-state index in [4.69, 9.17) is 9.73 Å². The fourth-order valence-electron chi connectivity index (χ4n) is 3.07. The molecule has 1 aliphatic rings. The molecule has 140 valence electrons. The third-order valence-electron chi connectivity index (χ3n) is 4.31. The van der Waals surface area contributed by atoms with E-state index >= 15 is 0 Å². The topological polar surface area (TPSA) is 41.9 Å². The smallest absolute Gasteiger partial charge is 0.338 e. The standard InChI is InChI=1S/C21H21BrN2O2S/c1-4-26-20(25)18-14(2)24(17-8-6-5-7-9-17)21(27-3)23-19(18)15-10-12-16(22)13-11-15/h5-13,19H,4H2,1-3H3/t19-/m1/s1. The summed E-state index contributed by atoms with van der Waals surface area (Å²) in [5.41, 5.74) is 3.34. The highest BCUT2D eigenvalue weighted by Crippen LogP contribution is 2.38. The maximum atomic E-state index is 12.8. The van der Waals surface area contributed by atoms with Crippen LogP contribution in [0.1, 0.15) is 25.5 Å². The number of thioether (sulfide) groups is 1. The van der Waals surface area contributed by atoms with E-state index in [0.717, 1.165) is 26.6 Å². The predicted molar refractivity (Wildman–Crippen MR) is 116 cm³/mol. The Morgan fingerprint density at radius 3 is 2.44 bits per heavy atom. The molecule has 0 fully saturated rings. The van der Waals surface area contributed by atoms with Crippen molar-refractivity contribution in [1.82, 2.24) is 0 Å². The summed E-state index contributed by atoms with van der Waals surface area (Å²) in [4.78, 5) is 19.8. The van der Waals surface area contributed by atoms with Gasteiger partial charge in [0, 0.05) is 15.9 Å². The van der Waals surface area contributed by atoms with Crippen molar-refractivity contribution in [2.45, 2.75) is 19.9 Å². The molecular weight excluding hydrogens is 424 g/mol. The van der Waals surface area contributed by atoms with Gasteiger partial charge in [0.2, 0.25) is 0 Å². The van der Waals surface area contributed by atoms with Crippen molar-refractivity contribution >= 4 is 44.5 Å². The summed E-state index contributed by atoms with van der Waals surface area (Å²) in [6, 6.07) is 17.5. The molecule has 0 spiro atoms. The van der Waals surface area contributed by atoms with Gasteiger partial charge in [-0.2, -0.15) is 0 Å². The average molecular weight is 445 g/mol. The summed E-state index contributed by atoms with van der Waals surface area (Å²) in [7, 11) is 0. The molecule has 1 heterocycles. The zero-order chi connectivity index (χ0) is 19.4. The van der Waals surface area contributed by atoms with E-state index in [1.807, 2.05) is 79.6 Å². The Balaban J connectivity index is 2.15. The summed E-state index contributed by atoms with van der Waals surface area (Å²) < 4.78 is 6.36. The lowest BCUT2D eigenvalue weighted by Gasteiger charge is -2.34. The van der Waals surface area contributed by atoms with Crippen LogP contribution in [-0.4, -0.2) is 24.0 Å². The monoisotopic (exact) mass is 444 g/mol. The van der Waals surface area contributed by atoms with E-state index in [-0.39, 0.29) is 12.0 Å². The average Bonchev–Trinajstić information content (AvgIpc) is 2.68. The second kappa shape index (κ2) is 8.76. The molecule has 0 amide bonds. The van der Waals surface area contributed by atoms with Gasteiger partial charge in [-0.15, -0.1) is 0 Å². The molecule has 0 aromatic heterocycles. The SMILES string of the molecule is CCOC(=O)C1=C(C)N(c2ccccc2)C(SC)=N[C@@H]1c1ccc(Br)cc1. The molecule has 0 saturated carbocycles. The largest absolute Gasteiger partial charge is 0.463 e. The third kappa shape index (κ3) is 4.12. The molecule has 0 aliphatic carbocycles. The highest BCUT2D eigenvalue weighted by molar-refractivity contribution is 9.10. The third-order valence-corrected chi connectivity index (χ3v) is 5.49. The molecule has 1 aliphatic heterocycles. The van der Waals surface area contributed by atoms with Gasteiger partial charge in [-0.25, -0.2) is 9.79 Å². The number of aliphatic imine (C=N–C) groups is 1. The van der Waals surface area contributed by atoms with Crippen LogP contribution in [0.2, 0.25) is 0 Å². The number of amidine groups is 1. The molecule has 4 nitrogen and oxygen atoms in total. The van der Waals surface area contributed by atoms with Crippen LogP contribution in [0.5, 0.6) is 0 Å². The first kappa shape index (κ1) is 19.7. The summed E-state index contributed by atoms with van der Waals surface area (Å²) in [5, 5.41) is 0.847. The molecule has 0 saturated heterocycles. The highest BCUT2D eigenvalue weighted by atomic mass is 79.9. The minimum atomic E-state index is -0.389. The zero-order valence-electron chi connectivity index (χ0n) is 15.5. The lowest BCUT2D eigenvalue weighted by molar-refractivity contribution is -0.138. The molecular formula is C21H21BrN2O2S. The second-order valence-electron chi connectivity index (χ2n) is 5.96. The number of rotatable bonds is 4. The molecule has 0 N–H and O–H groups in total. The van der Waals surface area contributed by atoms with E-state index in [9.17, 15) is 4.79 Å². The van der Waals surface area contributed by atoms with Crippen LogP contribution in [0, 0.1) is 0 Å². The quantitative estimate of drug-likeness (QED) is 0.578. The number of hydrogen-bond acceptors (Lipinski definition) is 5. The maximum absolute atomic E-state index is 12.8. The van der Waals surface area contributed by atoms with Crippen molar-refractivity contribution in [1.29, 1.82) is 0 Å². The summed E-state index contributed by atoms with van der Waals surface area (Å²) in [5.74, 6) is -0.326. The highest BCUT2D eigenvalue weighted by Gasteiger charge is 2.34. The van der Waals surface area contributed by atoms with Crippen molar-refractivity contribution in [2.75, 3.05) is 17.8 Å². The van der Waals surface area contributed by atoms with E-state index in [2.05, 4.69) is 15.9 Å². The van der Waals surface area contributed by atoms with Gasteiger partial charge < -0.3 is 4.74 Å². The Morgan fingerprint density at radius 2 is 1.85 bits per heavy atom. The molecule has 27 heavy (non-hydrogen) atoms. The Morgan fingerprint density at radius 1 is 1.19 bits per heavy atom. The van der Waals surface area contributed by atoms with Gasteiger partial charge in [-0.05, 0) is 49.9 Å². The zero-order valence-corrected chi connectivity index (χ0v) is 17.9. The van der Waals surface area contributed by atoms with Crippen LogP contribution in [0.25, 0.3) is 0 Å². The lowest BCUT2D eigenvalue weighted by Crippen LogP contribution is -2.35. The van der Waals surface area contributed by atoms with Crippen LogP contribution in [0.15, 0.2) is 75.3 Å². The Kier molecular flexibility index (Phi) is 6.39. The summed E-state index contributed by atoms with van der Waals surface area (Å²) in [6.45, 7) is 4.10. The first-order valence-electron chi connectivity index (χ1n) is 8.67. The van der Waals surface area contributed by atoms with Gasteiger partial charge in [0.1, 0.15) is 6.04 Å². The van der Waals surface area contributed by atoms with Crippen LogP contribution in [-0.2, 0) is 9.53 Å². The fourth-order valence-corrected chi connectivity index (χ4v) is 3.97. The summed E-state index contributed by atoms with van der Waals surface area (Å²) in [6.07, 6.45) is 2.00. The Bertz CT molecular complexity index is 879. The molecule has 0 radical (unpaired) electrons. The van der Waals surface area contributed by atoms with Crippen molar-refractivity contribution in [3.8, 4) is 0 Å². The van der Waals surface area contributed by atoms with E-state index in [0.29, 0.717) is 12.2 Å². The van der Waals surface area contributed by atoms with Crippen LogP contribution < -0.4 is 4.90 Å². The van der Waals surface area contributed by atoms with Gasteiger partial charge in [-0.1, -0.05) is 58.0 Å². The first-order chi connectivity index (χ1) is 13.1. The molecule has 2 aromatic rings. The number of halogens is 1. The number of nitrogens with zero attached hydrogens (tertiary/aromatic N) is 2. The molecule has 2 aromatic carbocycles. The Labute approximate surface area is 172 Å². The van der Waals surface area contributed by atoms with Crippen molar-refractivity contribution in [3.05, 3.63) is 75.9 Å². The Hall–Kier alpha value is -2.05. The first-order valence-corrected chi connectivity index (χ1v) is 10.7. The lowest BCUT2D eigenvalue weighted by atomic mass is 9.96. The van der Waals surface area contributed by atoms with Gasteiger partial charge in [0.15, 0.2) is 5.17 Å². The number of ether oxygens (including phenoxy) is 1. The van der Waals surface area contributed by atoms with Crippen LogP contribution >= 0.6 is 27.7 Å².